The highest BCUT2D eigenvalue weighted by Gasteiger charge is 2.36. The molecule has 0 saturated carbocycles. The quantitative estimate of drug-likeness (QED) is 0.815. The smallest absolute Gasteiger partial charge is 0.256 e. The molecule has 108 valence electrons. The van der Waals surface area contributed by atoms with E-state index in [-0.39, 0.29) is 17.2 Å². The molecule has 2 fully saturated rings. The van der Waals surface area contributed by atoms with Crippen LogP contribution < -0.4 is 5.32 Å². The maximum absolute atomic E-state index is 13.6. The zero-order valence-electron chi connectivity index (χ0n) is 11.2. The number of amides is 1. The van der Waals surface area contributed by atoms with E-state index >= 15 is 0 Å². The van der Waals surface area contributed by atoms with Crippen LogP contribution in [0.2, 0.25) is 0 Å². The van der Waals surface area contributed by atoms with Gasteiger partial charge in [0.25, 0.3) is 5.91 Å². The van der Waals surface area contributed by atoms with Gasteiger partial charge in [-0.05, 0) is 12.1 Å². The van der Waals surface area contributed by atoms with Crippen molar-refractivity contribution in [3.8, 4) is 5.75 Å². The molecule has 0 aromatic heterocycles. The Hall–Kier alpha value is -1.66. The van der Waals surface area contributed by atoms with E-state index in [4.69, 9.17) is 5.11 Å². The lowest BCUT2D eigenvalue weighted by Gasteiger charge is -2.46. The van der Waals surface area contributed by atoms with Crippen LogP contribution in [0.25, 0.3) is 0 Å². The fourth-order valence-electron chi connectivity index (χ4n) is 2.75. The largest absolute Gasteiger partial charge is 0.508 e. The van der Waals surface area contributed by atoms with Crippen LogP contribution in [-0.2, 0) is 0 Å². The number of rotatable bonds is 2. The second-order valence-electron chi connectivity index (χ2n) is 5.31. The molecule has 20 heavy (non-hydrogen) atoms. The third-order valence-electron chi connectivity index (χ3n) is 4.00. The Morgan fingerprint density at radius 1 is 1.30 bits per heavy atom. The maximum atomic E-state index is 13.6. The monoisotopic (exact) mass is 279 g/mol. The zero-order chi connectivity index (χ0) is 14.1. The van der Waals surface area contributed by atoms with Gasteiger partial charge in [0, 0.05) is 51.4 Å². The number of benzene rings is 1. The molecule has 0 radical (unpaired) electrons. The second kappa shape index (κ2) is 5.38. The summed E-state index contributed by atoms with van der Waals surface area (Å²) in [6.07, 6.45) is 0. The first-order valence-corrected chi connectivity index (χ1v) is 6.88. The number of carbonyl (C=O) groups is 1. The van der Waals surface area contributed by atoms with Crippen molar-refractivity contribution in [1.82, 2.24) is 15.1 Å². The van der Waals surface area contributed by atoms with Crippen molar-refractivity contribution in [3.63, 3.8) is 0 Å². The van der Waals surface area contributed by atoms with Crippen molar-refractivity contribution in [2.45, 2.75) is 6.04 Å². The van der Waals surface area contributed by atoms with Crippen molar-refractivity contribution < 1.29 is 14.3 Å². The Morgan fingerprint density at radius 3 is 2.65 bits per heavy atom. The van der Waals surface area contributed by atoms with Crippen LogP contribution in [0.4, 0.5) is 4.39 Å². The van der Waals surface area contributed by atoms with E-state index in [1.807, 2.05) is 0 Å². The average Bonchev–Trinajstić information content (AvgIpc) is 2.38. The van der Waals surface area contributed by atoms with Crippen LogP contribution in [-0.4, -0.2) is 66.1 Å². The predicted octanol–water partition coefficient (Wildman–Crippen LogP) is 0.261. The third-order valence-corrected chi connectivity index (χ3v) is 4.00. The Bertz CT molecular complexity index is 511. The highest BCUT2D eigenvalue weighted by molar-refractivity contribution is 5.95. The molecule has 2 N–H and O–H groups in total. The van der Waals surface area contributed by atoms with E-state index < -0.39 is 5.82 Å². The molecule has 0 aliphatic carbocycles. The van der Waals surface area contributed by atoms with E-state index in [9.17, 15) is 9.18 Å². The first-order chi connectivity index (χ1) is 9.65. The fraction of sp³-hybridized carbons (Fsp3) is 0.500. The van der Waals surface area contributed by atoms with E-state index in [0.717, 1.165) is 32.2 Å². The van der Waals surface area contributed by atoms with Gasteiger partial charge in [0.15, 0.2) is 0 Å². The summed E-state index contributed by atoms with van der Waals surface area (Å²) in [7, 11) is 0. The normalized spacial score (nSPS) is 20.8. The van der Waals surface area contributed by atoms with Crippen molar-refractivity contribution in [2.75, 3.05) is 39.3 Å². The highest BCUT2D eigenvalue weighted by Crippen LogP contribution is 2.21. The summed E-state index contributed by atoms with van der Waals surface area (Å²) in [6, 6.07) is 4.04. The zero-order valence-corrected chi connectivity index (χ0v) is 11.2. The molecule has 1 aromatic carbocycles. The molecule has 2 aliphatic rings. The number of piperazine rings is 1. The highest BCUT2D eigenvalue weighted by atomic mass is 19.1. The minimum atomic E-state index is -0.666. The van der Waals surface area contributed by atoms with Crippen molar-refractivity contribution in [2.24, 2.45) is 0 Å². The predicted molar refractivity (Wildman–Crippen MR) is 72.2 cm³/mol. The first-order valence-electron chi connectivity index (χ1n) is 6.88. The Balaban J connectivity index is 1.60. The van der Waals surface area contributed by atoms with Gasteiger partial charge in [0.1, 0.15) is 11.6 Å². The number of phenolic OH excluding ortho intramolecular Hbond substituents is 1. The molecule has 1 amide bonds. The number of halogens is 1. The molecular formula is C14H18FN3O2. The maximum Gasteiger partial charge on any atom is 0.256 e. The first kappa shape index (κ1) is 13.3. The second-order valence-corrected chi connectivity index (χ2v) is 5.31. The molecular weight excluding hydrogens is 261 g/mol. The van der Waals surface area contributed by atoms with Crippen molar-refractivity contribution in [3.05, 3.63) is 29.6 Å². The Kier molecular flexibility index (Phi) is 3.58. The van der Waals surface area contributed by atoms with E-state index in [1.54, 1.807) is 4.90 Å². The summed E-state index contributed by atoms with van der Waals surface area (Å²) < 4.78 is 13.6. The van der Waals surface area contributed by atoms with Crippen LogP contribution in [0.15, 0.2) is 18.2 Å². The van der Waals surface area contributed by atoms with E-state index in [0.29, 0.717) is 19.1 Å². The van der Waals surface area contributed by atoms with Crippen LogP contribution in [0, 0.1) is 5.82 Å². The lowest BCUT2D eigenvalue weighted by molar-refractivity contribution is 0.0223. The number of nitrogens with zero attached hydrogens (tertiary/aromatic N) is 2. The number of aromatic hydroxyl groups is 1. The van der Waals surface area contributed by atoms with Gasteiger partial charge in [0.05, 0.1) is 5.56 Å². The molecule has 0 atom stereocenters. The molecule has 2 saturated heterocycles. The average molecular weight is 279 g/mol. The third kappa shape index (κ3) is 2.48. The van der Waals surface area contributed by atoms with Gasteiger partial charge in [-0.3, -0.25) is 9.69 Å². The van der Waals surface area contributed by atoms with Gasteiger partial charge in [0.2, 0.25) is 0 Å². The Labute approximate surface area is 117 Å². The Morgan fingerprint density at radius 2 is 2.00 bits per heavy atom. The molecule has 0 spiro atoms. The fourth-order valence-corrected chi connectivity index (χ4v) is 2.75. The minimum absolute atomic E-state index is 0.0292. The molecule has 5 nitrogen and oxygen atoms in total. The number of hydrogen-bond acceptors (Lipinski definition) is 4. The van der Waals surface area contributed by atoms with Crippen LogP contribution >= 0.6 is 0 Å². The van der Waals surface area contributed by atoms with Crippen LogP contribution in [0.5, 0.6) is 5.75 Å². The molecule has 1 aromatic rings. The van der Waals surface area contributed by atoms with Gasteiger partial charge in [-0.2, -0.15) is 0 Å². The number of phenols is 1. The number of carbonyl (C=O) groups excluding carboxylic acids is 1. The summed E-state index contributed by atoms with van der Waals surface area (Å²) in [5.74, 6) is -1.13. The topological polar surface area (TPSA) is 55.8 Å². The number of hydrogen-bond donors (Lipinski definition) is 2. The molecule has 0 bridgehead atoms. The SMILES string of the molecule is O=C(c1ccc(O)cc1F)N1CC(N2CCNCC2)C1. The summed E-state index contributed by atoms with van der Waals surface area (Å²) in [5.41, 5.74) is 0.0292. The number of likely N-dealkylation sites (tertiary alicyclic amines) is 1. The summed E-state index contributed by atoms with van der Waals surface area (Å²) in [5, 5.41) is 12.5. The summed E-state index contributed by atoms with van der Waals surface area (Å²) in [4.78, 5) is 16.2. The van der Waals surface area contributed by atoms with Crippen molar-refractivity contribution >= 4 is 5.91 Å². The molecule has 2 heterocycles. The van der Waals surface area contributed by atoms with Gasteiger partial charge in [-0.25, -0.2) is 4.39 Å². The standard InChI is InChI=1S/C14H18FN3O2/c15-13-7-11(19)1-2-12(13)14(20)18-8-10(9-18)17-5-3-16-4-6-17/h1-2,7,10,16,19H,3-6,8-9H2. The van der Waals surface area contributed by atoms with E-state index in [1.165, 1.54) is 12.1 Å². The van der Waals surface area contributed by atoms with Crippen LogP contribution in [0.1, 0.15) is 10.4 Å². The van der Waals surface area contributed by atoms with Gasteiger partial charge < -0.3 is 15.3 Å². The van der Waals surface area contributed by atoms with E-state index in [2.05, 4.69) is 10.2 Å². The lowest BCUT2D eigenvalue weighted by Crippen LogP contribution is -2.63. The van der Waals surface area contributed by atoms with Crippen molar-refractivity contribution in [1.29, 1.82) is 0 Å². The van der Waals surface area contributed by atoms with Gasteiger partial charge in [-0.1, -0.05) is 0 Å². The molecule has 3 rings (SSSR count). The number of nitrogens with one attached hydrogen (secondary N) is 1. The molecule has 6 heteroatoms. The lowest BCUT2D eigenvalue weighted by atomic mass is 10.0. The summed E-state index contributed by atoms with van der Waals surface area (Å²) >= 11 is 0. The minimum Gasteiger partial charge on any atom is -0.508 e. The molecule has 2 aliphatic heterocycles. The molecule has 0 unspecified atom stereocenters. The van der Waals surface area contributed by atoms with Gasteiger partial charge >= 0.3 is 0 Å². The summed E-state index contributed by atoms with van der Waals surface area (Å²) in [6.45, 7) is 5.27. The van der Waals surface area contributed by atoms with Crippen LogP contribution in [0.3, 0.4) is 0 Å². The van der Waals surface area contributed by atoms with Gasteiger partial charge in [-0.15, -0.1) is 0 Å².